The summed E-state index contributed by atoms with van der Waals surface area (Å²) in [7, 11) is 10.1. The number of likely N-dealkylation sites (N-methyl/N-ethyl adjacent to an activating group) is 1. The lowest BCUT2D eigenvalue weighted by atomic mass is 10.1. The number of carbonyl (C=O) groups is 2. The molecule has 0 aromatic carbocycles. The van der Waals surface area contributed by atoms with Gasteiger partial charge in [0.15, 0.2) is 0 Å². The van der Waals surface area contributed by atoms with Crippen LogP contribution in [0.2, 0.25) is 0 Å². The van der Waals surface area contributed by atoms with Gasteiger partial charge >= 0.3 is 11.9 Å². The molecule has 0 N–H and O–H groups in total. The fourth-order valence-electron chi connectivity index (χ4n) is 2.48. The van der Waals surface area contributed by atoms with E-state index in [2.05, 4.69) is 9.73 Å². The minimum atomic E-state index is -0.616. The molecule has 0 atom stereocenters. The van der Waals surface area contributed by atoms with E-state index in [0.29, 0.717) is 5.57 Å². The lowest BCUT2D eigenvalue weighted by Gasteiger charge is -2.13. The molecule has 0 saturated heterocycles. The van der Waals surface area contributed by atoms with E-state index in [1.807, 2.05) is 50.1 Å². The van der Waals surface area contributed by atoms with E-state index in [0.717, 1.165) is 28.9 Å². The van der Waals surface area contributed by atoms with Gasteiger partial charge in [-0.25, -0.2) is 14.6 Å². The van der Waals surface area contributed by atoms with Crippen LogP contribution in [0.1, 0.15) is 0 Å². The zero-order chi connectivity index (χ0) is 18.0. The Morgan fingerprint density at radius 1 is 1.04 bits per heavy atom. The second-order valence-corrected chi connectivity index (χ2v) is 5.69. The van der Waals surface area contributed by atoms with Gasteiger partial charge in [0, 0.05) is 45.4 Å². The van der Waals surface area contributed by atoms with Gasteiger partial charge in [-0.2, -0.15) is 0 Å². The third kappa shape index (κ3) is 3.10. The summed E-state index contributed by atoms with van der Waals surface area (Å²) in [5.74, 6) is 0.373. The number of ether oxygens (including phenoxy) is 2. The number of amidine groups is 1. The van der Waals surface area contributed by atoms with E-state index in [4.69, 9.17) is 4.74 Å². The van der Waals surface area contributed by atoms with Gasteiger partial charge in [0.05, 0.1) is 19.8 Å². The number of nitrogens with zero attached hydrogens (tertiary/aromatic N) is 3. The number of esters is 2. The number of methoxy groups -OCH3 is 2. The predicted molar refractivity (Wildman–Crippen MR) is 90.1 cm³/mol. The molecular formula is C17H21N3O4. The lowest BCUT2D eigenvalue weighted by Crippen LogP contribution is -2.22. The topological polar surface area (TPSA) is 71.4 Å². The number of aliphatic imine (C=N–C) groups is 1. The maximum absolute atomic E-state index is 12.1. The molecule has 2 rings (SSSR count). The second kappa shape index (κ2) is 6.74. The van der Waals surface area contributed by atoms with Gasteiger partial charge in [-0.15, -0.1) is 0 Å². The van der Waals surface area contributed by atoms with Gasteiger partial charge in [0.1, 0.15) is 11.7 Å². The Kier molecular flexibility index (Phi) is 4.92. The Morgan fingerprint density at radius 3 is 2.21 bits per heavy atom. The third-order valence-corrected chi connectivity index (χ3v) is 3.61. The summed E-state index contributed by atoms with van der Waals surface area (Å²) in [4.78, 5) is 32.1. The highest BCUT2D eigenvalue weighted by Gasteiger charge is 2.31. The standard InChI is InChI=1S/C17H21N3O4/c1-19(2)15-12-7-10(8-13(12)16(18-15)20(3)4)11(17(22)24-6)9-14(21)23-5/h7-9H,1-6H3/b11-9-. The van der Waals surface area contributed by atoms with Crippen LogP contribution in [-0.4, -0.2) is 70.0 Å². The van der Waals surface area contributed by atoms with Crippen molar-refractivity contribution in [1.82, 2.24) is 9.80 Å². The molecule has 1 aliphatic heterocycles. The quantitative estimate of drug-likeness (QED) is 0.562. The van der Waals surface area contributed by atoms with Crippen molar-refractivity contribution in [3.8, 4) is 0 Å². The van der Waals surface area contributed by atoms with E-state index in [1.54, 1.807) is 0 Å². The van der Waals surface area contributed by atoms with Crippen LogP contribution in [0.25, 0.3) is 0 Å². The van der Waals surface area contributed by atoms with Crippen molar-refractivity contribution >= 4 is 17.8 Å². The van der Waals surface area contributed by atoms with Gasteiger partial charge in [0.25, 0.3) is 0 Å². The van der Waals surface area contributed by atoms with Crippen LogP contribution in [0.5, 0.6) is 0 Å². The Balaban J connectivity index is 2.54. The summed E-state index contributed by atoms with van der Waals surface area (Å²) in [6.45, 7) is 0. The van der Waals surface area contributed by atoms with E-state index in [-0.39, 0.29) is 5.57 Å². The van der Waals surface area contributed by atoms with Crippen LogP contribution in [0.15, 0.2) is 51.3 Å². The number of rotatable bonds is 4. The molecule has 128 valence electrons. The molecule has 7 nitrogen and oxygen atoms in total. The van der Waals surface area contributed by atoms with E-state index >= 15 is 0 Å². The van der Waals surface area contributed by atoms with Gasteiger partial charge in [-0.3, -0.25) is 0 Å². The highest BCUT2D eigenvalue weighted by molar-refractivity contribution is 6.10. The Bertz CT molecular complexity index is 737. The molecule has 0 radical (unpaired) electrons. The summed E-state index contributed by atoms with van der Waals surface area (Å²) < 4.78 is 9.41. The van der Waals surface area contributed by atoms with Crippen molar-refractivity contribution < 1.29 is 19.1 Å². The first-order valence-corrected chi connectivity index (χ1v) is 7.30. The van der Waals surface area contributed by atoms with Gasteiger partial charge < -0.3 is 19.3 Å². The maximum atomic E-state index is 12.1. The average Bonchev–Trinajstić information content (AvgIpc) is 3.09. The molecule has 24 heavy (non-hydrogen) atoms. The molecule has 0 aromatic rings. The average molecular weight is 331 g/mol. The minimum absolute atomic E-state index is 0.148. The largest absolute Gasteiger partial charge is 0.466 e. The van der Waals surface area contributed by atoms with Gasteiger partial charge in [-0.05, 0) is 17.7 Å². The summed E-state index contributed by atoms with van der Waals surface area (Å²) in [6, 6.07) is 0. The molecule has 0 fully saturated rings. The lowest BCUT2D eigenvalue weighted by molar-refractivity contribution is -0.138. The van der Waals surface area contributed by atoms with Crippen molar-refractivity contribution in [2.45, 2.75) is 0 Å². The van der Waals surface area contributed by atoms with Crippen LogP contribution in [0, 0.1) is 0 Å². The van der Waals surface area contributed by atoms with Crippen molar-refractivity contribution in [3.63, 3.8) is 0 Å². The van der Waals surface area contributed by atoms with Crippen LogP contribution in [0.4, 0.5) is 0 Å². The molecular weight excluding hydrogens is 310 g/mol. The number of carbonyl (C=O) groups excluding carboxylic acids is 2. The molecule has 0 aromatic heterocycles. The van der Waals surface area contributed by atoms with Crippen molar-refractivity contribution in [3.05, 3.63) is 46.3 Å². The van der Waals surface area contributed by atoms with Crippen molar-refractivity contribution in [1.29, 1.82) is 0 Å². The molecule has 0 bridgehead atoms. The molecule has 0 unspecified atom stereocenters. The second-order valence-electron chi connectivity index (χ2n) is 5.69. The van der Waals surface area contributed by atoms with Gasteiger partial charge in [0.2, 0.25) is 0 Å². The molecule has 7 heteroatoms. The van der Waals surface area contributed by atoms with Crippen LogP contribution >= 0.6 is 0 Å². The molecule has 0 spiro atoms. The highest BCUT2D eigenvalue weighted by atomic mass is 16.5. The normalized spacial score (nSPS) is 16.2. The maximum Gasteiger partial charge on any atom is 0.338 e. The zero-order valence-electron chi connectivity index (χ0n) is 14.7. The monoisotopic (exact) mass is 331 g/mol. The molecule has 2 aliphatic rings. The summed E-state index contributed by atoms with van der Waals surface area (Å²) in [5.41, 5.74) is 2.54. The fraction of sp³-hybridized carbons (Fsp3) is 0.353. The SMILES string of the molecule is COC(=O)/C=C(\C(=O)OC)C1=CC2=C(N(C)C)N=C(N(C)C)C2=C1. The highest BCUT2D eigenvalue weighted by Crippen LogP contribution is 2.37. The van der Waals surface area contributed by atoms with E-state index in [1.165, 1.54) is 14.2 Å². The first-order valence-electron chi connectivity index (χ1n) is 7.30. The Hall–Kier alpha value is -2.83. The molecule has 0 amide bonds. The third-order valence-electron chi connectivity index (χ3n) is 3.61. The summed E-state index contributed by atoms with van der Waals surface area (Å²) >= 11 is 0. The first kappa shape index (κ1) is 17.5. The van der Waals surface area contributed by atoms with Crippen molar-refractivity contribution in [2.24, 2.45) is 4.99 Å². The number of hydrogen-bond acceptors (Lipinski definition) is 7. The predicted octanol–water partition coefficient (Wildman–Crippen LogP) is 0.872. The summed E-state index contributed by atoms with van der Waals surface area (Å²) in [5, 5.41) is 0. The van der Waals surface area contributed by atoms with Gasteiger partial charge in [-0.1, -0.05) is 0 Å². The molecule has 1 aliphatic carbocycles. The summed E-state index contributed by atoms with van der Waals surface area (Å²) in [6.07, 6.45) is 4.80. The molecule has 1 heterocycles. The van der Waals surface area contributed by atoms with Crippen LogP contribution in [-0.2, 0) is 19.1 Å². The Labute approximate surface area is 141 Å². The van der Waals surface area contributed by atoms with Crippen molar-refractivity contribution in [2.75, 3.05) is 42.4 Å². The van der Waals surface area contributed by atoms with E-state index < -0.39 is 11.9 Å². The first-order chi connectivity index (χ1) is 11.3. The van der Waals surface area contributed by atoms with E-state index in [9.17, 15) is 9.59 Å². The van der Waals surface area contributed by atoms with Crippen LogP contribution < -0.4 is 0 Å². The number of hydrogen-bond donors (Lipinski definition) is 0. The fourth-order valence-corrected chi connectivity index (χ4v) is 2.48. The number of fused-ring (bicyclic) bond motifs is 1. The minimum Gasteiger partial charge on any atom is -0.466 e. The smallest absolute Gasteiger partial charge is 0.338 e. The van der Waals surface area contributed by atoms with Crippen LogP contribution in [0.3, 0.4) is 0 Å². The molecule has 0 saturated carbocycles. The Morgan fingerprint density at radius 2 is 1.71 bits per heavy atom. The number of allylic oxidation sites excluding steroid dienone is 2. The zero-order valence-corrected chi connectivity index (χ0v) is 14.7.